The van der Waals surface area contributed by atoms with Gasteiger partial charge in [0.05, 0.1) is 23.4 Å². The van der Waals surface area contributed by atoms with Crippen molar-refractivity contribution in [3.63, 3.8) is 0 Å². The summed E-state index contributed by atoms with van der Waals surface area (Å²) in [6.07, 6.45) is 1.41. The summed E-state index contributed by atoms with van der Waals surface area (Å²) in [6.45, 7) is 2.11. The minimum atomic E-state index is -0.627. The lowest BCUT2D eigenvalue weighted by Crippen LogP contribution is -2.19. The third-order valence-corrected chi connectivity index (χ3v) is 6.73. The molecule has 4 aromatic carbocycles. The van der Waals surface area contributed by atoms with Gasteiger partial charge in [-0.15, -0.1) is 0 Å². The van der Waals surface area contributed by atoms with Crippen LogP contribution in [0, 0.1) is 5.82 Å². The quantitative estimate of drug-likeness (QED) is 0.0840. The molecule has 0 spiro atoms. The van der Waals surface area contributed by atoms with E-state index in [2.05, 4.69) is 15.5 Å². The molecule has 0 atom stereocenters. The summed E-state index contributed by atoms with van der Waals surface area (Å²) in [4.78, 5) is 28.9. The first-order valence-corrected chi connectivity index (χ1v) is 13.2. The number of benzene rings is 4. The van der Waals surface area contributed by atoms with Gasteiger partial charge in [0, 0.05) is 27.1 Å². The molecule has 1 heterocycles. The molecule has 41 heavy (non-hydrogen) atoms. The molecule has 0 unspecified atom stereocenters. The number of aromatic nitrogens is 1. The standard InChI is InChI=1S/C31H22Cl2FN3O4/c1-2-40-27-15-18(11-14-26(27)41-31(39)21-8-4-6-10-24(21)33)17-35-37-30(38)29-28(20-7-3-5-9-23(20)32)22-16-19(34)12-13-25(22)36-29/h3-17,36H,2H2,1H3,(H,37,38). The molecule has 0 aliphatic carbocycles. The van der Waals surface area contributed by atoms with Gasteiger partial charge in [0.15, 0.2) is 11.5 Å². The van der Waals surface area contributed by atoms with Crippen LogP contribution in [0.5, 0.6) is 11.5 Å². The molecule has 0 aliphatic rings. The summed E-state index contributed by atoms with van der Waals surface area (Å²) in [6, 6.07) is 22.6. The summed E-state index contributed by atoms with van der Waals surface area (Å²) in [5.41, 5.74) is 5.06. The molecule has 10 heteroatoms. The number of fused-ring (bicyclic) bond motifs is 1. The minimum Gasteiger partial charge on any atom is -0.490 e. The van der Waals surface area contributed by atoms with E-state index >= 15 is 0 Å². The lowest BCUT2D eigenvalue weighted by atomic mass is 10.0. The summed E-state index contributed by atoms with van der Waals surface area (Å²) in [5.74, 6) is -1.11. The molecule has 0 saturated carbocycles. The van der Waals surface area contributed by atoms with E-state index in [1.807, 2.05) is 0 Å². The highest BCUT2D eigenvalue weighted by molar-refractivity contribution is 6.34. The molecule has 5 aromatic rings. The topological polar surface area (TPSA) is 92.8 Å². The van der Waals surface area contributed by atoms with Crippen LogP contribution < -0.4 is 14.9 Å². The van der Waals surface area contributed by atoms with Crippen LogP contribution in [0.25, 0.3) is 22.0 Å². The maximum atomic E-state index is 14.1. The van der Waals surface area contributed by atoms with Gasteiger partial charge < -0.3 is 14.5 Å². The number of rotatable bonds is 8. The van der Waals surface area contributed by atoms with Crippen LogP contribution in [0.1, 0.15) is 33.3 Å². The van der Waals surface area contributed by atoms with Gasteiger partial charge in [-0.05, 0) is 67.1 Å². The van der Waals surface area contributed by atoms with E-state index in [9.17, 15) is 14.0 Å². The zero-order valence-electron chi connectivity index (χ0n) is 21.6. The van der Waals surface area contributed by atoms with Crippen molar-refractivity contribution < 1.29 is 23.5 Å². The first-order chi connectivity index (χ1) is 19.9. The molecule has 5 rings (SSSR count). The van der Waals surface area contributed by atoms with Crippen molar-refractivity contribution in [2.24, 2.45) is 5.10 Å². The van der Waals surface area contributed by atoms with E-state index in [0.717, 1.165) is 0 Å². The summed E-state index contributed by atoms with van der Waals surface area (Å²) in [7, 11) is 0. The van der Waals surface area contributed by atoms with Crippen molar-refractivity contribution in [2.75, 3.05) is 6.61 Å². The van der Waals surface area contributed by atoms with E-state index in [-0.39, 0.29) is 22.0 Å². The van der Waals surface area contributed by atoms with Crippen molar-refractivity contribution in [2.45, 2.75) is 6.92 Å². The number of carbonyl (C=O) groups excluding carboxylic acids is 2. The highest BCUT2D eigenvalue weighted by Gasteiger charge is 2.21. The number of aromatic amines is 1. The number of nitrogens with zero attached hydrogens (tertiary/aromatic N) is 1. The Morgan fingerprint density at radius 1 is 0.951 bits per heavy atom. The van der Waals surface area contributed by atoms with E-state index < -0.39 is 17.7 Å². The van der Waals surface area contributed by atoms with Crippen molar-refractivity contribution >= 4 is 52.2 Å². The number of esters is 1. The van der Waals surface area contributed by atoms with Crippen LogP contribution in [-0.4, -0.2) is 29.7 Å². The van der Waals surface area contributed by atoms with Gasteiger partial charge in [0.1, 0.15) is 11.5 Å². The molecule has 0 aliphatic heterocycles. The van der Waals surface area contributed by atoms with Gasteiger partial charge >= 0.3 is 5.97 Å². The number of amides is 1. The number of hydrazone groups is 1. The van der Waals surface area contributed by atoms with Gasteiger partial charge in [-0.25, -0.2) is 14.6 Å². The number of ether oxygens (including phenoxy) is 2. The van der Waals surface area contributed by atoms with Crippen LogP contribution in [0.3, 0.4) is 0 Å². The largest absolute Gasteiger partial charge is 0.490 e. The molecule has 1 aromatic heterocycles. The van der Waals surface area contributed by atoms with E-state index in [1.54, 1.807) is 79.7 Å². The number of hydrogen-bond acceptors (Lipinski definition) is 5. The van der Waals surface area contributed by atoms with E-state index in [1.165, 1.54) is 18.3 Å². The summed E-state index contributed by atoms with van der Waals surface area (Å²) < 4.78 is 25.3. The zero-order valence-corrected chi connectivity index (χ0v) is 23.1. The minimum absolute atomic E-state index is 0.174. The number of nitrogens with one attached hydrogen (secondary N) is 2. The molecule has 0 radical (unpaired) electrons. The Morgan fingerprint density at radius 2 is 1.71 bits per heavy atom. The predicted octanol–water partition coefficient (Wildman–Crippen LogP) is 7.66. The van der Waals surface area contributed by atoms with Crippen LogP contribution >= 0.6 is 23.2 Å². The maximum Gasteiger partial charge on any atom is 0.345 e. The van der Waals surface area contributed by atoms with Crippen molar-refractivity contribution in [1.82, 2.24) is 10.4 Å². The first-order valence-electron chi connectivity index (χ1n) is 12.5. The SMILES string of the molecule is CCOc1cc(C=NNC(=O)c2[nH]c3ccc(F)cc3c2-c2ccccc2Cl)ccc1OC(=O)c1ccccc1Cl. The van der Waals surface area contributed by atoms with Gasteiger partial charge in [-0.1, -0.05) is 53.5 Å². The fraction of sp³-hybridized carbons (Fsp3) is 0.0645. The Bertz CT molecular complexity index is 1800. The molecular weight excluding hydrogens is 568 g/mol. The summed E-state index contributed by atoms with van der Waals surface area (Å²) >= 11 is 12.5. The smallest absolute Gasteiger partial charge is 0.345 e. The maximum absolute atomic E-state index is 14.1. The van der Waals surface area contributed by atoms with Crippen LogP contribution in [-0.2, 0) is 0 Å². The van der Waals surface area contributed by atoms with Crippen LogP contribution in [0.2, 0.25) is 10.0 Å². The Morgan fingerprint density at radius 3 is 2.46 bits per heavy atom. The number of hydrogen-bond donors (Lipinski definition) is 2. The van der Waals surface area contributed by atoms with Crippen molar-refractivity contribution in [3.05, 3.63) is 118 Å². The monoisotopic (exact) mass is 589 g/mol. The second-order valence-corrected chi connectivity index (χ2v) is 9.57. The first kappa shape index (κ1) is 27.9. The van der Waals surface area contributed by atoms with Crippen LogP contribution in [0.4, 0.5) is 4.39 Å². The highest BCUT2D eigenvalue weighted by Crippen LogP contribution is 2.37. The Hall–Kier alpha value is -4.66. The lowest BCUT2D eigenvalue weighted by Gasteiger charge is -2.12. The van der Waals surface area contributed by atoms with Crippen molar-refractivity contribution in [1.29, 1.82) is 0 Å². The van der Waals surface area contributed by atoms with E-state index in [4.69, 9.17) is 32.7 Å². The van der Waals surface area contributed by atoms with Gasteiger partial charge in [0.25, 0.3) is 5.91 Å². The molecule has 2 N–H and O–H groups in total. The molecule has 7 nitrogen and oxygen atoms in total. The molecule has 0 fully saturated rings. The molecule has 206 valence electrons. The molecule has 0 bridgehead atoms. The van der Waals surface area contributed by atoms with Gasteiger partial charge in [-0.2, -0.15) is 5.10 Å². The third-order valence-electron chi connectivity index (χ3n) is 6.07. The highest BCUT2D eigenvalue weighted by atomic mass is 35.5. The fourth-order valence-electron chi connectivity index (χ4n) is 4.24. The van der Waals surface area contributed by atoms with Crippen molar-refractivity contribution in [3.8, 4) is 22.6 Å². The van der Waals surface area contributed by atoms with E-state index in [0.29, 0.717) is 45.0 Å². The normalized spacial score (nSPS) is 11.1. The second kappa shape index (κ2) is 12.2. The Labute approximate surface area is 244 Å². The molecule has 1 amide bonds. The second-order valence-electron chi connectivity index (χ2n) is 8.75. The zero-order chi connectivity index (χ0) is 28.9. The fourth-order valence-corrected chi connectivity index (χ4v) is 4.68. The average molecular weight is 590 g/mol. The number of halogens is 3. The molecular formula is C31H22Cl2FN3O4. The van der Waals surface area contributed by atoms with Gasteiger partial charge in [0.2, 0.25) is 0 Å². The third kappa shape index (κ3) is 6.09. The van der Waals surface area contributed by atoms with Gasteiger partial charge in [-0.3, -0.25) is 4.79 Å². The Kier molecular flexibility index (Phi) is 8.33. The number of carbonyl (C=O) groups is 2. The summed E-state index contributed by atoms with van der Waals surface area (Å²) in [5, 5.41) is 5.27. The average Bonchev–Trinajstić information content (AvgIpc) is 3.33. The van der Waals surface area contributed by atoms with Crippen LogP contribution in [0.15, 0.2) is 90.0 Å². The lowest BCUT2D eigenvalue weighted by molar-refractivity contribution is 0.0728. The Balaban J connectivity index is 1.38. The number of H-pyrrole nitrogens is 1. The molecule has 0 saturated heterocycles. The predicted molar refractivity (Wildman–Crippen MR) is 158 cm³/mol.